The standard InChI is InChI=1S/C27H31N5O5/c1-16-22(27(37)32(2)26(16)36)24(34)23(17-8-3-4-9-17)31-21(33)14-20(18-10-7-12-28-15-18)30-25(35)19-11-5-6-13-29-19/h5-7,10-13,15,17,20,23,36-37H,3-4,8-9,14H2,1-2H3,(H,30,35)(H,31,33)/t20-,23?/m0/s1. The molecule has 1 aliphatic carbocycles. The van der Waals surface area contributed by atoms with Gasteiger partial charge in [-0.1, -0.05) is 25.0 Å². The zero-order valence-corrected chi connectivity index (χ0v) is 20.8. The molecule has 1 saturated carbocycles. The first kappa shape index (κ1) is 25.9. The lowest BCUT2D eigenvalue weighted by molar-refractivity contribution is -0.122. The van der Waals surface area contributed by atoms with Crippen molar-refractivity contribution in [1.29, 1.82) is 0 Å². The van der Waals surface area contributed by atoms with Crippen LogP contribution in [0.15, 0.2) is 48.9 Å². The highest BCUT2D eigenvalue weighted by molar-refractivity contribution is 6.05. The van der Waals surface area contributed by atoms with Gasteiger partial charge in [-0.05, 0) is 49.4 Å². The van der Waals surface area contributed by atoms with E-state index in [9.17, 15) is 24.6 Å². The highest BCUT2D eigenvalue weighted by Crippen LogP contribution is 2.36. The van der Waals surface area contributed by atoms with Gasteiger partial charge in [-0.15, -0.1) is 0 Å². The number of hydrogen-bond acceptors (Lipinski definition) is 7. The summed E-state index contributed by atoms with van der Waals surface area (Å²) in [4.78, 5) is 47.9. The van der Waals surface area contributed by atoms with Gasteiger partial charge in [0.2, 0.25) is 11.8 Å². The van der Waals surface area contributed by atoms with Crippen LogP contribution in [0.25, 0.3) is 0 Å². The first-order valence-corrected chi connectivity index (χ1v) is 12.3. The van der Waals surface area contributed by atoms with Gasteiger partial charge in [0, 0.05) is 31.2 Å². The minimum Gasteiger partial charge on any atom is -0.494 e. The lowest BCUT2D eigenvalue weighted by Gasteiger charge is -2.25. The van der Waals surface area contributed by atoms with Crippen molar-refractivity contribution in [2.45, 2.75) is 51.1 Å². The van der Waals surface area contributed by atoms with Crippen LogP contribution >= 0.6 is 0 Å². The molecule has 3 aromatic rings. The molecule has 10 nitrogen and oxygen atoms in total. The zero-order valence-electron chi connectivity index (χ0n) is 20.8. The number of ketones is 1. The number of carbonyl (C=O) groups excluding carboxylic acids is 3. The molecule has 4 rings (SSSR count). The largest absolute Gasteiger partial charge is 0.494 e. The van der Waals surface area contributed by atoms with Crippen LogP contribution in [-0.4, -0.2) is 48.4 Å². The monoisotopic (exact) mass is 505 g/mol. The van der Waals surface area contributed by atoms with E-state index in [0.717, 1.165) is 30.3 Å². The van der Waals surface area contributed by atoms with Crippen LogP contribution < -0.4 is 10.6 Å². The van der Waals surface area contributed by atoms with Crippen LogP contribution in [0.3, 0.4) is 0 Å². The summed E-state index contributed by atoms with van der Waals surface area (Å²) in [6.45, 7) is 1.56. The maximum atomic E-state index is 13.6. The number of pyridine rings is 2. The van der Waals surface area contributed by atoms with Crippen LogP contribution in [0.2, 0.25) is 0 Å². The lowest BCUT2D eigenvalue weighted by atomic mass is 9.90. The number of Topliss-reactive ketones (excluding diaryl/α,β-unsaturated/α-hetero) is 1. The van der Waals surface area contributed by atoms with Gasteiger partial charge < -0.3 is 20.8 Å². The molecule has 0 spiro atoms. The Bertz CT molecular complexity index is 1240. The fourth-order valence-electron chi connectivity index (χ4n) is 4.92. The minimum atomic E-state index is -0.873. The maximum Gasteiger partial charge on any atom is 0.270 e. The molecule has 10 heteroatoms. The molecule has 2 amide bonds. The molecule has 3 aromatic heterocycles. The maximum absolute atomic E-state index is 13.6. The quantitative estimate of drug-likeness (QED) is 0.327. The lowest BCUT2D eigenvalue weighted by Crippen LogP contribution is -2.46. The van der Waals surface area contributed by atoms with Gasteiger partial charge in [0.1, 0.15) is 5.69 Å². The Kier molecular flexibility index (Phi) is 7.86. The number of aromatic hydroxyl groups is 2. The van der Waals surface area contributed by atoms with Crippen LogP contribution in [-0.2, 0) is 11.8 Å². The van der Waals surface area contributed by atoms with E-state index in [2.05, 4.69) is 20.6 Å². The molecule has 0 bridgehead atoms. The summed E-state index contributed by atoms with van der Waals surface area (Å²) in [5.74, 6) is -1.96. The van der Waals surface area contributed by atoms with E-state index >= 15 is 0 Å². The van der Waals surface area contributed by atoms with E-state index in [-0.39, 0.29) is 40.9 Å². The van der Waals surface area contributed by atoms with E-state index in [0.29, 0.717) is 5.56 Å². The van der Waals surface area contributed by atoms with Crippen molar-refractivity contribution in [1.82, 2.24) is 25.2 Å². The Balaban J connectivity index is 1.56. The molecule has 0 saturated heterocycles. The molecule has 0 aromatic carbocycles. The molecule has 0 aliphatic heterocycles. The van der Waals surface area contributed by atoms with E-state index in [1.165, 1.54) is 13.2 Å². The van der Waals surface area contributed by atoms with Crippen molar-refractivity contribution in [3.05, 3.63) is 71.3 Å². The third-order valence-corrected chi connectivity index (χ3v) is 6.97. The summed E-state index contributed by atoms with van der Waals surface area (Å²) in [7, 11) is 1.46. The summed E-state index contributed by atoms with van der Waals surface area (Å²) in [6, 6.07) is 6.87. The summed E-state index contributed by atoms with van der Waals surface area (Å²) in [6.07, 6.45) is 7.95. The summed E-state index contributed by atoms with van der Waals surface area (Å²) in [5, 5.41) is 26.5. The van der Waals surface area contributed by atoms with Gasteiger partial charge in [0.05, 0.1) is 24.1 Å². The number of nitrogens with zero attached hydrogens (tertiary/aromatic N) is 3. The van der Waals surface area contributed by atoms with E-state index in [1.807, 2.05) is 0 Å². The molecular formula is C27H31N5O5. The van der Waals surface area contributed by atoms with Crippen LogP contribution in [0.4, 0.5) is 0 Å². The Morgan fingerprint density at radius 2 is 1.81 bits per heavy atom. The molecule has 4 N–H and O–H groups in total. The Morgan fingerprint density at radius 1 is 1.05 bits per heavy atom. The zero-order chi connectivity index (χ0) is 26.5. The minimum absolute atomic E-state index is 0.00413. The van der Waals surface area contributed by atoms with Crippen molar-refractivity contribution in [2.24, 2.45) is 13.0 Å². The third-order valence-electron chi connectivity index (χ3n) is 6.97. The third kappa shape index (κ3) is 5.63. The molecule has 2 atom stereocenters. The predicted octanol–water partition coefficient (Wildman–Crippen LogP) is 2.95. The smallest absolute Gasteiger partial charge is 0.270 e. The normalized spacial score (nSPS) is 15.2. The number of aromatic nitrogens is 3. The van der Waals surface area contributed by atoms with Crippen molar-refractivity contribution < 1.29 is 24.6 Å². The first-order valence-electron chi connectivity index (χ1n) is 12.3. The molecule has 194 valence electrons. The van der Waals surface area contributed by atoms with Crippen LogP contribution in [0, 0.1) is 12.8 Å². The molecule has 1 fully saturated rings. The summed E-state index contributed by atoms with van der Waals surface area (Å²) in [5.41, 5.74) is 1.11. The average molecular weight is 506 g/mol. The molecular weight excluding hydrogens is 474 g/mol. The van der Waals surface area contributed by atoms with E-state index < -0.39 is 29.7 Å². The van der Waals surface area contributed by atoms with Crippen molar-refractivity contribution in [2.75, 3.05) is 0 Å². The predicted molar refractivity (Wildman–Crippen MR) is 135 cm³/mol. The summed E-state index contributed by atoms with van der Waals surface area (Å²) >= 11 is 0. The number of rotatable bonds is 9. The fraction of sp³-hybridized carbons (Fsp3) is 0.370. The number of hydrogen-bond donors (Lipinski definition) is 4. The number of amides is 2. The molecule has 37 heavy (non-hydrogen) atoms. The van der Waals surface area contributed by atoms with Crippen molar-refractivity contribution >= 4 is 17.6 Å². The average Bonchev–Trinajstić information content (AvgIpc) is 3.51. The van der Waals surface area contributed by atoms with Gasteiger partial charge in [0.25, 0.3) is 5.91 Å². The van der Waals surface area contributed by atoms with Crippen LogP contribution in [0.5, 0.6) is 11.8 Å². The Labute approximate surface area is 214 Å². The number of carbonyl (C=O) groups is 3. The Hall–Kier alpha value is -4.21. The van der Waals surface area contributed by atoms with Gasteiger partial charge in [-0.2, -0.15) is 0 Å². The van der Waals surface area contributed by atoms with Gasteiger partial charge in [0.15, 0.2) is 11.7 Å². The molecule has 0 radical (unpaired) electrons. The molecule has 1 unspecified atom stereocenters. The number of nitrogens with one attached hydrogen (secondary N) is 2. The highest BCUT2D eigenvalue weighted by atomic mass is 16.3. The second-order valence-electron chi connectivity index (χ2n) is 9.39. The van der Waals surface area contributed by atoms with E-state index in [4.69, 9.17) is 0 Å². The van der Waals surface area contributed by atoms with Crippen molar-refractivity contribution in [3.8, 4) is 11.8 Å². The first-order chi connectivity index (χ1) is 17.8. The van der Waals surface area contributed by atoms with Gasteiger partial charge in [-0.25, -0.2) is 0 Å². The fourth-order valence-corrected chi connectivity index (χ4v) is 4.92. The SMILES string of the molecule is Cc1c(C(=O)C(NC(=O)C[C@H](NC(=O)c2ccccn2)c2cccnc2)C2CCCC2)c(O)n(C)c1O. The Morgan fingerprint density at radius 3 is 2.41 bits per heavy atom. The van der Waals surface area contributed by atoms with Gasteiger partial charge >= 0.3 is 0 Å². The highest BCUT2D eigenvalue weighted by Gasteiger charge is 2.36. The molecule has 3 heterocycles. The van der Waals surface area contributed by atoms with E-state index in [1.54, 1.807) is 49.6 Å². The second kappa shape index (κ2) is 11.2. The van der Waals surface area contributed by atoms with Crippen molar-refractivity contribution in [3.63, 3.8) is 0 Å². The topological polar surface area (TPSA) is 146 Å². The van der Waals surface area contributed by atoms with Crippen LogP contribution in [0.1, 0.15) is 70.1 Å². The second-order valence-corrected chi connectivity index (χ2v) is 9.39. The summed E-state index contributed by atoms with van der Waals surface area (Å²) < 4.78 is 1.14. The molecule has 1 aliphatic rings. The van der Waals surface area contributed by atoms with Gasteiger partial charge in [-0.3, -0.25) is 28.9 Å².